The van der Waals surface area contributed by atoms with E-state index in [0.29, 0.717) is 31.8 Å². The molecule has 2 aromatic carbocycles. The van der Waals surface area contributed by atoms with Gasteiger partial charge >= 0.3 is 6.03 Å². The van der Waals surface area contributed by atoms with Gasteiger partial charge in [0.05, 0.1) is 5.82 Å². The maximum Gasteiger partial charge on any atom is 0.322 e. The number of piperidine rings is 1. The number of phenolic OH excluding ortho intramolecular Hbond substituents is 1. The van der Waals surface area contributed by atoms with Gasteiger partial charge in [-0.25, -0.2) is 4.79 Å². The topological polar surface area (TPSA) is 101 Å². The number of hydrogen-bond acceptors (Lipinski definition) is 7. The molecule has 0 unspecified atom stereocenters. The molecule has 0 aliphatic carbocycles. The Bertz CT molecular complexity index is 1430. The number of benzene rings is 2. The first-order chi connectivity index (χ1) is 22.6. The number of aryl methyl sites for hydroxylation is 2. The molecule has 3 saturated heterocycles. The van der Waals surface area contributed by atoms with Crippen LogP contribution in [0.2, 0.25) is 0 Å². The van der Waals surface area contributed by atoms with Gasteiger partial charge in [0.25, 0.3) is 0 Å². The first-order valence-electron chi connectivity index (χ1n) is 17.4. The third-order valence-corrected chi connectivity index (χ3v) is 11.0. The monoisotopic (exact) mass is 644 g/mol. The van der Waals surface area contributed by atoms with Crippen molar-refractivity contribution in [1.29, 1.82) is 0 Å². The predicted octanol–water partition coefficient (Wildman–Crippen LogP) is 4.25. The number of rotatable bonds is 8. The minimum absolute atomic E-state index is 0.0265. The molecule has 10 heteroatoms. The number of para-hydroxylation sites is 1. The number of hydrogen-bond donors (Lipinski definition) is 3. The highest BCUT2D eigenvalue weighted by Crippen LogP contribution is 2.30. The van der Waals surface area contributed by atoms with E-state index in [-0.39, 0.29) is 23.5 Å². The lowest BCUT2D eigenvalue weighted by Crippen LogP contribution is -2.60. The molecule has 3 amide bonds. The predicted molar refractivity (Wildman–Crippen MR) is 184 cm³/mol. The van der Waals surface area contributed by atoms with Gasteiger partial charge < -0.3 is 35.2 Å². The summed E-state index contributed by atoms with van der Waals surface area (Å²) in [7, 11) is 0. The summed E-state index contributed by atoms with van der Waals surface area (Å²) >= 11 is 0. The van der Waals surface area contributed by atoms with E-state index in [9.17, 15) is 14.7 Å². The maximum atomic E-state index is 14.2. The lowest BCUT2D eigenvalue weighted by Gasteiger charge is -2.48. The molecular formula is C37H52N6O4. The molecule has 3 fully saturated rings. The van der Waals surface area contributed by atoms with Crippen LogP contribution in [0.4, 0.5) is 10.5 Å². The Balaban J connectivity index is 1.09. The van der Waals surface area contributed by atoms with Crippen molar-refractivity contribution in [1.82, 2.24) is 24.9 Å². The van der Waals surface area contributed by atoms with Crippen molar-refractivity contribution in [3.05, 3.63) is 71.1 Å². The number of ether oxygens (including phenoxy) is 1. The van der Waals surface area contributed by atoms with E-state index in [0.717, 1.165) is 99.7 Å². The average molecular weight is 645 g/mol. The van der Waals surface area contributed by atoms with Gasteiger partial charge in [-0.05, 0) is 81.2 Å². The van der Waals surface area contributed by atoms with Gasteiger partial charge in [-0.15, -0.1) is 0 Å². The number of phenols is 1. The van der Waals surface area contributed by atoms with Crippen molar-refractivity contribution in [2.24, 2.45) is 0 Å². The van der Waals surface area contributed by atoms with E-state index >= 15 is 0 Å². The molecule has 47 heavy (non-hydrogen) atoms. The Hall–Kier alpha value is -3.76. The molecule has 2 aromatic rings. The Labute approximate surface area is 279 Å². The molecular weight excluding hydrogens is 592 g/mol. The van der Waals surface area contributed by atoms with Crippen LogP contribution >= 0.6 is 0 Å². The van der Waals surface area contributed by atoms with Gasteiger partial charge in [-0.3, -0.25) is 9.69 Å². The molecule has 6 rings (SSSR count). The van der Waals surface area contributed by atoms with E-state index < -0.39 is 6.04 Å². The van der Waals surface area contributed by atoms with Crippen LogP contribution in [0.5, 0.6) is 5.75 Å². The maximum absolute atomic E-state index is 14.2. The van der Waals surface area contributed by atoms with E-state index in [2.05, 4.69) is 40.0 Å². The Kier molecular flexibility index (Phi) is 9.98. The van der Waals surface area contributed by atoms with Gasteiger partial charge in [0.2, 0.25) is 5.91 Å². The highest BCUT2D eigenvalue weighted by Gasteiger charge is 2.38. The van der Waals surface area contributed by atoms with Crippen LogP contribution < -0.4 is 10.6 Å². The number of aromatic hydroxyl groups is 1. The smallest absolute Gasteiger partial charge is 0.322 e. The quantitative estimate of drug-likeness (QED) is 0.395. The number of anilines is 1. The number of piperazine rings is 1. The fourth-order valence-corrected chi connectivity index (χ4v) is 7.89. The number of carbonyl (C=O) groups excluding carboxylic acids is 2. The standard InChI is InChI=1S/C37H52N6O4/c1-26-23-29(24-27(2)34(26)44)25-33(35(45)41-17-19-42(20-18-41)37(4)12-21-47-22-13-37)38-28(3)40-14-10-31(11-15-40)43-16-9-30-7-5-6-8-32(30)39-36(43)46/h5-8,23-24,31,33,38,44H,3,9-22,25H2,1-2,4H3,(H,39,46)/t33-/m1/s1. The van der Waals surface area contributed by atoms with Crippen molar-refractivity contribution in [2.75, 3.05) is 64.3 Å². The summed E-state index contributed by atoms with van der Waals surface area (Å²) in [5.74, 6) is 1.13. The summed E-state index contributed by atoms with van der Waals surface area (Å²) < 4.78 is 5.63. The van der Waals surface area contributed by atoms with Crippen LogP contribution in [0, 0.1) is 13.8 Å². The van der Waals surface area contributed by atoms with Crippen LogP contribution in [0.1, 0.15) is 54.9 Å². The SMILES string of the molecule is C=C(N[C@H](Cc1cc(C)c(O)c(C)c1)C(=O)N1CCN(C2(C)CCOCC2)CC1)N1CCC(N2CCc3ccccc3NC2=O)CC1. The van der Waals surface area contributed by atoms with Crippen LogP contribution in [0.25, 0.3) is 0 Å². The zero-order valence-electron chi connectivity index (χ0n) is 28.4. The van der Waals surface area contributed by atoms with Crippen molar-refractivity contribution in [3.8, 4) is 5.75 Å². The molecule has 0 aromatic heterocycles. The van der Waals surface area contributed by atoms with Crippen LogP contribution in [-0.2, 0) is 22.4 Å². The number of amides is 3. The van der Waals surface area contributed by atoms with Gasteiger partial charge in [0.1, 0.15) is 11.8 Å². The summed E-state index contributed by atoms with van der Waals surface area (Å²) in [6, 6.07) is 11.6. The van der Waals surface area contributed by atoms with Crippen LogP contribution in [0.3, 0.4) is 0 Å². The average Bonchev–Trinajstić information content (AvgIpc) is 3.25. The summed E-state index contributed by atoms with van der Waals surface area (Å²) in [5.41, 5.74) is 4.84. The highest BCUT2D eigenvalue weighted by atomic mass is 16.5. The number of nitrogens with one attached hydrogen (secondary N) is 2. The highest BCUT2D eigenvalue weighted by molar-refractivity contribution is 5.91. The first-order valence-corrected chi connectivity index (χ1v) is 17.4. The summed E-state index contributed by atoms with van der Waals surface area (Å²) in [6.45, 7) is 17.5. The Morgan fingerprint density at radius 2 is 1.68 bits per heavy atom. The fourth-order valence-electron chi connectivity index (χ4n) is 7.89. The van der Waals surface area contributed by atoms with Crippen LogP contribution in [-0.4, -0.2) is 113 Å². The zero-order valence-corrected chi connectivity index (χ0v) is 28.4. The molecule has 0 radical (unpaired) electrons. The molecule has 254 valence electrons. The fraction of sp³-hybridized carbons (Fsp3) is 0.568. The van der Waals surface area contributed by atoms with Gasteiger partial charge in [0.15, 0.2) is 0 Å². The minimum atomic E-state index is -0.483. The number of nitrogens with zero attached hydrogens (tertiary/aromatic N) is 4. The van der Waals surface area contributed by atoms with E-state index in [1.807, 2.05) is 54.0 Å². The van der Waals surface area contributed by atoms with Crippen molar-refractivity contribution < 1.29 is 19.4 Å². The van der Waals surface area contributed by atoms with E-state index in [1.165, 1.54) is 5.56 Å². The normalized spacial score (nSPS) is 21.4. The van der Waals surface area contributed by atoms with Crippen LogP contribution in [0.15, 0.2) is 48.8 Å². The summed E-state index contributed by atoms with van der Waals surface area (Å²) in [4.78, 5) is 36.1. The van der Waals surface area contributed by atoms with Crippen molar-refractivity contribution in [2.45, 2.75) is 76.9 Å². The number of fused-ring (bicyclic) bond motifs is 1. The lowest BCUT2D eigenvalue weighted by atomic mass is 9.89. The number of likely N-dealkylation sites (tertiary alicyclic amines) is 1. The largest absolute Gasteiger partial charge is 0.507 e. The second-order valence-corrected chi connectivity index (χ2v) is 14.1. The lowest BCUT2D eigenvalue weighted by molar-refractivity contribution is -0.137. The molecule has 4 heterocycles. The summed E-state index contributed by atoms with van der Waals surface area (Å²) in [5, 5.41) is 17.0. The molecule has 10 nitrogen and oxygen atoms in total. The zero-order chi connectivity index (χ0) is 33.1. The second-order valence-electron chi connectivity index (χ2n) is 14.1. The Morgan fingerprint density at radius 1 is 1.02 bits per heavy atom. The third kappa shape index (κ3) is 7.38. The van der Waals surface area contributed by atoms with E-state index in [4.69, 9.17) is 4.74 Å². The molecule has 3 N–H and O–H groups in total. The van der Waals surface area contributed by atoms with E-state index in [1.54, 1.807) is 0 Å². The van der Waals surface area contributed by atoms with Crippen molar-refractivity contribution in [3.63, 3.8) is 0 Å². The second kappa shape index (κ2) is 14.2. The molecule has 0 spiro atoms. The summed E-state index contributed by atoms with van der Waals surface area (Å²) in [6.07, 6.45) is 5.07. The molecule has 1 atom stereocenters. The van der Waals surface area contributed by atoms with Gasteiger partial charge in [-0.2, -0.15) is 0 Å². The first kappa shape index (κ1) is 33.2. The Morgan fingerprint density at radius 3 is 2.36 bits per heavy atom. The van der Waals surface area contributed by atoms with Gasteiger partial charge in [-0.1, -0.05) is 36.9 Å². The molecule has 0 saturated carbocycles. The molecule has 4 aliphatic heterocycles. The molecule has 0 bridgehead atoms. The molecule has 4 aliphatic rings. The third-order valence-electron chi connectivity index (χ3n) is 11.0. The number of urea groups is 1. The minimum Gasteiger partial charge on any atom is -0.507 e. The number of carbonyl (C=O) groups is 2. The van der Waals surface area contributed by atoms with Gasteiger partial charge in [0, 0.05) is 82.7 Å². The van der Waals surface area contributed by atoms with Crippen molar-refractivity contribution >= 4 is 17.6 Å².